The summed E-state index contributed by atoms with van der Waals surface area (Å²) in [5.74, 6) is 0.206. The summed E-state index contributed by atoms with van der Waals surface area (Å²) in [6, 6.07) is 5.54. The number of carbonyl (C=O) groups excluding carboxylic acids is 1. The molecule has 2 N–H and O–H groups in total. The van der Waals surface area contributed by atoms with Crippen LogP contribution in [0.1, 0.15) is 35.4 Å². The van der Waals surface area contributed by atoms with Crippen LogP contribution in [0.5, 0.6) is 0 Å². The van der Waals surface area contributed by atoms with Crippen LogP contribution < -0.4 is 10.6 Å². The van der Waals surface area contributed by atoms with Gasteiger partial charge in [-0.05, 0) is 29.5 Å². The molecule has 0 fully saturated rings. The average molecular weight is 371 g/mol. The van der Waals surface area contributed by atoms with E-state index >= 15 is 0 Å². The van der Waals surface area contributed by atoms with Gasteiger partial charge in [-0.3, -0.25) is 9.78 Å². The Labute approximate surface area is 155 Å². The maximum absolute atomic E-state index is 12.5. The lowest BCUT2D eigenvalue weighted by Crippen LogP contribution is -2.26. The zero-order valence-corrected chi connectivity index (χ0v) is 15.5. The summed E-state index contributed by atoms with van der Waals surface area (Å²) in [6.07, 6.45) is 4.36. The van der Waals surface area contributed by atoms with Crippen molar-refractivity contribution in [2.24, 2.45) is 0 Å². The number of nitrogens with zero attached hydrogens (tertiary/aromatic N) is 3. The highest BCUT2D eigenvalue weighted by molar-refractivity contribution is 7.17. The van der Waals surface area contributed by atoms with Gasteiger partial charge in [0, 0.05) is 26.0 Å². The first-order valence-electron chi connectivity index (χ1n) is 8.41. The standard InChI is InChI=1S/C18H21N5O2S/c1-3-7-20-17(24)15-16-13(6-9-26-16)21-18(23-15)22-14(11-25-2)12-5-4-8-19-10-12/h4-6,8-10,14H,3,7,11H2,1-2H3,(H,20,24)(H,21,22,23)/t14-/m0/s1. The van der Waals surface area contributed by atoms with Crippen LogP contribution >= 0.6 is 11.3 Å². The minimum Gasteiger partial charge on any atom is -0.382 e. The van der Waals surface area contributed by atoms with Crippen LogP contribution in [0.15, 0.2) is 36.0 Å². The number of amides is 1. The SMILES string of the molecule is CCCNC(=O)c1nc(N[C@@H](COC)c2cccnc2)nc2ccsc12. The van der Waals surface area contributed by atoms with Crippen molar-refractivity contribution in [1.82, 2.24) is 20.3 Å². The van der Waals surface area contributed by atoms with E-state index in [2.05, 4.69) is 25.6 Å². The molecule has 0 aliphatic carbocycles. The van der Waals surface area contributed by atoms with E-state index in [-0.39, 0.29) is 11.9 Å². The summed E-state index contributed by atoms with van der Waals surface area (Å²) in [7, 11) is 1.64. The first kappa shape index (κ1) is 18.2. The monoisotopic (exact) mass is 371 g/mol. The highest BCUT2D eigenvalue weighted by Crippen LogP contribution is 2.25. The largest absolute Gasteiger partial charge is 0.382 e. The molecular weight excluding hydrogens is 350 g/mol. The quantitative estimate of drug-likeness (QED) is 0.633. The van der Waals surface area contributed by atoms with Crippen molar-refractivity contribution in [2.45, 2.75) is 19.4 Å². The van der Waals surface area contributed by atoms with Gasteiger partial charge < -0.3 is 15.4 Å². The molecule has 3 aromatic rings. The van der Waals surface area contributed by atoms with E-state index in [9.17, 15) is 4.79 Å². The number of carbonyl (C=O) groups is 1. The molecule has 136 valence electrons. The third-order valence-corrected chi connectivity index (χ3v) is 4.69. The van der Waals surface area contributed by atoms with Gasteiger partial charge in [-0.1, -0.05) is 13.0 Å². The zero-order chi connectivity index (χ0) is 18.4. The second-order valence-electron chi connectivity index (χ2n) is 5.73. The number of hydrogen-bond donors (Lipinski definition) is 2. The van der Waals surface area contributed by atoms with Crippen molar-refractivity contribution in [3.8, 4) is 0 Å². The lowest BCUT2D eigenvalue weighted by atomic mass is 10.1. The minimum absolute atomic E-state index is 0.170. The Morgan fingerprint density at radius 3 is 2.96 bits per heavy atom. The Hall–Kier alpha value is -2.58. The third kappa shape index (κ3) is 4.14. The Bertz CT molecular complexity index is 868. The van der Waals surface area contributed by atoms with Gasteiger partial charge >= 0.3 is 0 Å². The maximum atomic E-state index is 12.5. The average Bonchev–Trinajstić information content (AvgIpc) is 3.14. The fourth-order valence-electron chi connectivity index (χ4n) is 2.53. The summed E-state index contributed by atoms with van der Waals surface area (Å²) >= 11 is 1.46. The lowest BCUT2D eigenvalue weighted by molar-refractivity contribution is 0.0950. The number of thiophene rings is 1. The highest BCUT2D eigenvalue weighted by atomic mass is 32.1. The van der Waals surface area contributed by atoms with Crippen molar-refractivity contribution in [3.63, 3.8) is 0 Å². The molecule has 8 heteroatoms. The number of rotatable bonds is 8. The third-order valence-electron chi connectivity index (χ3n) is 3.78. The molecule has 0 spiro atoms. The normalized spacial score (nSPS) is 12.1. The molecule has 7 nitrogen and oxygen atoms in total. The maximum Gasteiger partial charge on any atom is 0.271 e. The van der Waals surface area contributed by atoms with Crippen molar-refractivity contribution < 1.29 is 9.53 Å². The fraction of sp³-hybridized carbons (Fsp3) is 0.333. The molecule has 26 heavy (non-hydrogen) atoms. The number of methoxy groups -OCH3 is 1. The van der Waals surface area contributed by atoms with Crippen LogP contribution in [0.2, 0.25) is 0 Å². The van der Waals surface area contributed by atoms with Crippen molar-refractivity contribution in [1.29, 1.82) is 0 Å². The molecule has 3 rings (SSSR count). The topological polar surface area (TPSA) is 89.0 Å². The molecule has 3 heterocycles. The van der Waals surface area contributed by atoms with E-state index in [1.807, 2.05) is 30.5 Å². The number of anilines is 1. The molecule has 1 amide bonds. The van der Waals surface area contributed by atoms with Crippen molar-refractivity contribution in [3.05, 3.63) is 47.2 Å². The van der Waals surface area contributed by atoms with E-state index < -0.39 is 0 Å². The Morgan fingerprint density at radius 2 is 2.23 bits per heavy atom. The van der Waals surface area contributed by atoms with Crippen LogP contribution in [0.3, 0.4) is 0 Å². The number of hydrogen-bond acceptors (Lipinski definition) is 7. The van der Waals surface area contributed by atoms with E-state index in [0.29, 0.717) is 24.8 Å². The van der Waals surface area contributed by atoms with Crippen molar-refractivity contribution in [2.75, 3.05) is 25.6 Å². The van der Waals surface area contributed by atoms with E-state index in [1.165, 1.54) is 11.3 Å². The van der Waals surface area contributed by atoms with Crippen LogP contribution in [0.25, 0.3) is 10.2 Å². The lowest BCUT2D eigenvalue weighted by Gasteiger charge is -2.18. The fourth-order valence-corrected chi connectivity index (χ4v) is 3.35. The molecule has 0 aliphatic heterocycles. The summed E-state index contributed by atoms with van der Waals surface area (Å²) in [4.78, 5) is 25.7. The minimum atomic E-state index is -0.186. The first-order chi connectivity index (χ1) is 12.7. The van der Waals surface area contributed by atoms with Gasteiger partial charge in [0.15, 0.2) is 5.69 Å². The van der Waals surface area contributed by atoms with Gasteiger partial charge in [0.05, 0.1) is 22.9 Å². The molecule has 0 bridgehead atoms. The number of nitrogens with one attached hydrogen (secondary N) is 2. The predicted octanol–water partition coefficient (Wildman–Crippen LogP) is 3.03. The Morgan fingerprint density at radius 1 is 1.35 bits per heavy atom. The zero-order valence-electron chi connectivity index (χ0n) is 14.7. The van der Waals surface area contributed by atoms with Crippen LogP contribution in [0, 0.1) is 0 Å². The second-order valence-corrected chi connectivity index (χ2v) is 6.64. The van der Waals surface area contributed by atoms with E-state index in [1.54, 1.807) is 19.5 Å². The summed E-state index contributed by atoms with van der Waals surface area (Å²) in [6.45, 7) is 3.05. The van der Waals surface area contributed by atoms with Crippen LogP contribution in [0.4, 0.5) is 5.95 Å². The van der Waals surface area contributed by atoms with Gasteiger partial charge in [-0.25, -0.2) is 9.97 Å². The molecule has 0 aliphatic rings. The van der Waals surface area contributed by atoms with Gasteiger partial charge in [0.1, 0.15) is 0 Å². The van der Waals surface area contributed by atoms with Gasteiger partial charge in [-0.15, -0.1) is 11.3 Å². The second kappa shape index (κ2) is 8.68. The molecule has 0 unspecified atom stereocenters. The molecule has 3 aromatic heterocycles. The van der Waals surface area contributed by atoms with Crippen molar-refractivity contribution >= 4 is 33.4 Å². The van der Waals surface area contributed by atoms with Crippen LogP contribution in [-0.4, -0.2) is 41.1 Å². The molecule has 0 radical (unpaired) electrons. The molecule has 0 saturated carbocycles. The number of pyridine rings is 1. The molecule has 1 atom stereocenters. The summed E-state index contributed by atoms with van der Waals surface area (Å²) in [5.41, 5.74) is 2.10. The molecular formula is C18H21N5O2S. The van der Waals surface area contributed by atoms with Gasteiger partial charge in [0.2, 0.25) is 5.95 Å². The first-order valence-corrected chi connectivity index (χ1v) is 9.29. The van der Waals surface area contributed by atoms with Gasteiger partial charge in [0.25, 0.3) is 5.91 Å². The van der Waals surface area contributed by atoms with Gasteiger partial charge in [-0.2, -0.15) is 0 Å². The van der Waals surface area contributed by atoms with E-state index in [0.717, 1.165) is 22.2 Å². The Balaban J connectivity index is 1.92. The number of fused-ring (bicyclic) bond motifs is 1. The molecule has 0 aromatic carbocycles. The van der Waals surface area contributed by atoms with E-state index in [4.69, 9.17) is 4.74 Å². The predicted molar refractivity (Wildman–Crippen MR) is 103 cm³/mol. The van der Waals surface area contributed by atoms with Crippen LogP contribution in [-0.2, 0) is 4.74 Å². The summed E-state index contributed by atoms with van der Waals surface area (Å²) in [5, 5.41) is 8.06. The number of aromatic nitrogens is 3. The molecule has 0 saturated heterocycles. The number of ether oxygens (including phenoxy) is 1. The smallest absolute Gasteiger partial charge is 0.271 e. The highest BCUT2D eigenvalue weighted by Gasteiger charge is 2.18. The Kier molecular flexibility index (Phi) is 6.08. The summed E-state index contributed by atoms with van der Waals surface area (Å²) < 4.78 is 6.10.